The Balaban J connectivity index is 2.07. The van der Waals surface area contributed by atoms with Gasteiger partial charge < -0.3 is 5.32 Å². The Morgan fingerprint density at radius 2 is 2.06 bits per heavy atom. The van der Waals surface area contributed by atoms with E-state index >= 15 is 0 Å². The smallest absolute Gasteiger partial charge is 0.0704 e. The maximum absolute atomic E-state index is 4.41. The quantitative estimate of drug-likeness (QED) is 0.869. The number of hydrogen-bond acceptors (Lipinski definition) is 2. The minimum atomic E-state index is 0.587. The molecule has 1 unspecified atom stereocenters. The van der Waals surface area contributed by atoms with Gasteiger partial charge in [0.2, 0.25) is 0 Å². The fraction of sp³-hybridized carbons (Fsp3) is 0.438. The highest BCUT2D eigenvalue weighted by molar-refractivity contribution is 5.78. The van der Waals surface area contributed by atoms with Crippen LogP contribution < -0.4 is 5.32 Å². The van der Waals surface area contributed by atoms with E-state index in [2.05, 4.69) is 48.4 Å². The van der Waals surface area contributed by atoms with Gasteiger partial charge in [0.1, 0.15) is 0 Å². The molecule has 0 aliphatic carbocycles. The molecule has 0 aliphatic rings. The van der Waals surface area contributed by atoms with E-state index in [-0.39, 0.29) is 0 Å². The number of fused-ring (bicyclic) bond motifs is 1. The normalized spacial score (nSPS) is 13.1. The molecule has 0 bridgehead atoms. The number of benzene rings is 1. The Hall–Kier alpha value is -1.41. The first-order valence-corrected chi connectivity index (χ1v) is 6.71. The van der Waals surface area contributed by atoms with Crippen molar-refractivity contribution in [2.24, 2.45) is 5.92 Å². The molecule has 96 valence electrons. The molecule has 0 saturated carbocycles. The minimum Gasteiger partial charge on any atom is -0.317 e. The predicted molar refractivity (Wildman–Crippen MR) is 77.7 cm³/mol. The van der Waals surface area contributed by atoms with Crippen LogP contribution in [-0.4, -0.2) is 18.1 Å². The van der Waals surface area contributed by atoms with E-state index in [9.17, 15) is 0 Å². The van der Waals surface area contributed by atoms with Crippen molar-refractivity contribution < 1.29 is 0 Å². The molecule has 0 spiro atoms. The van der Waals surface area contributed by atoms with E-state index in [1.54, 1.807) is 0 Å². The Labute approximate surface area is 109 Å². The third-order valence-electron chi connectivity index (χ3n) is 3.59. The van der Waals surface area contributed by atoms with E-state index in [4.69, 9.17) is 0 Å². The van der Waals surface area contributed by atoms with Crippen molar-refractivity contribution in [3.8, 4) is 0 Å². The standard InChI is InChI=1S/C16H22N2/c1-12(2)15(17-3)9-7-13-6-8-14-5-4-10-18-16(14)11-13/h4-6,8,10-12,15,17H,7,9H2,1-3H3. The van der Waals surface area contributed by atoms with Crippen molar-refractivity contribution in [1.82, 2.24) is 10.3 Å². The fourth-order valence-corrected chi connectivity index (χ4v) is 2.40. The molecule has 2 aromatic rings. The van der Waals surface area contributed by atoms with Crippen LogP contribution in [0.4, 0.5) is 0 Å². The molecule has 0 amide bonds. The van der Waals surface area contributed by atoms with E-state index in [0.717, 1.165) is 11.9 Å². The third-order valence-corrected chi connectivity index (χ3v) is 3.59. The van der Waals surface area contributed by atoms with Gasteiger partial charge >= 0.3 is 0 Å². The van der Waals surface area contributed by atoms with Crippen LogP contribution in [0.1, 0.15) is 25.8 Å². The molecule has 2 rings (SSSR count). The van der Waals surface area contributed by atoms with Crippen molar-refractivity contribution in [3.63, 3.8) is 0 Å². The molecule has 1 N–H and O–H groups in total. The van der Waals surface area contributed by atoms with Gasteiger partial charge in [-0.3, -0.25) is 4.98 Å². The largest absolute Gasteiger partial charge is 0.317 e. The van der Waals surface area contributed by atoms with E-state index in [0.29, 0.717) is 12.0 Å². The monoisotopic (exact) mass is 242 g/mol. The van der Waals surface area contributed by atoms with Crippen LogP contribution in [0, 0.1) is 5.92 Å². The van der Waals surface area contributed by atoms with Gasteiger partial charge in [0.05, 0.1) is 5.52 Å². The van der Waals surface area contributed by atoms with Gasteiger partial charge in [-0.05, 0) is 43.5 Å². The molecular formula is C16H22N2. The maximum Gasteiger partial charge on any atom is 0.0704 e. The highest BCUT2D eigenvalue weighted by Gasteiger charge is 2.10. The SMILES string of the molecule is CNC(CCc1ccc2cccnc2c1)C(C)C. The van der Waals surface area contributed by atoms with Gasteiger partial charge in [-0.25, -0.2) is 0 Å². The van der Waals surface area contributed by atoms with E-state index < -0.39 is 0 Å². The molecule has 1 aromatic carbocycles. The molecule has 0 fully saturated rings. The third kappa shape index (κ3) is 3.08. The number of aryl methyl sites for hydroxylation is 1. The molecule has 1 atom stereocenters. The number of aromatic nitrogens is 1. The van der Waals surface area contributed by atoms with Gasteiger partial charge in [-0.15, -0.1) is 0 Å². The Kier molecular flexibility index (Phi) is 4.32. The number of pyridine rings is 1. The lowest BCUT2D eigenvalue weighted by Gasteiger charge is -2.20. The second-order valence-corrected chi connectivity index (χ2v) is 5.21. The molecule has 2 nitrogen and oxygen atoms in total. The van der Waals surface area contributed by atoms with E-state index in [1.165, 1.54) is 17.4 Å². The zero-order valence-corrected chi connectivity index (χ0v) is 11.5. The Morgan fingerprint density at radius 1 is 1.22 bits per heavy atom. The summed E-state index contributed by atoms with van der Waals surface area (Å²) in [6.07, 6.45) is 4.14. The van der Waals surface area contributed by atoms with Gasteiger partial charge in [0.15, 0.2) is 0 Å². The molecule has 0 radical (unpaired) electrons. The van der Waals surface area contributed by atoms with Crippen molar-refractivity contribution in [1.29, 1.82) is 0 Å². The number of nitrogens with zero attached hydrogens (tertiary/aromatic N) is 1. The first kappa shape index (κ1) is 13.0. The van der Waals surface area contributed by atoms with Crippen molar-refractivity contribution in [2.75, 3.05) is 7.05 Å². The number of rotatable bonds is 5. The summed E-state index contributed by atoms with van der Waals surface area (Å²) in [4.78, 5) is 4.41. The minimum absolute atomic E-state index is 0.587. The molecule has 18 heavy (non-hydrogen) atoms. The zero-order chi connectivity index (χ0) is 13.0. The van der Waals surface area contributed by atoms with Crippen molar-refractivity contribution in [3.05, 3.63) is 42.1 Å². The summed E-state index contributed by atoms with van der Waals surface area (Å²) in [5.74, 6) is 0.675. The van der Waals surface area contributed by atoms with Gasteiger partial charge in [-0.1, -0.05) is 32.0 Å². The Bertz CT molecular complexity index is 505. The van der Waals surface area contributed by atoms with Gasteiger partial charge in [0, 0.05) is 17.6 Å². The topological polar surface area (TPSA) is 24.9 Å². The Morgan fingerprint density at radius 3 is 2.78 bits per heavy atom. The second kappa shape index (κ2) is 5.96. The predicted octanol–water partition coefficient (Wildman–Crippen LogP) is 3.41. The van der Waals surface area contributed by atoms with Gasteiger partial charge in [-0.2, -0.15) is 0 Å². The van der Waals surface area contributed by atoms with Crippen LogP contribution in [0.5, 0.6) is 0 Å². The molecule has 1 heterocycles. The number of hydrogen-bond donors (Lipinski definition) is 1. The molecule has 0 saturated heterocycles. The number of nitrogens with one attached hydrogen (secondary N) is 1. The maximum atomic E-state index is 4.41. The molecule has 0 aliphatic heterocycles. The summed E-state index contributed by atoms with van der Waals surface area (Å²) in [7, 11) is 2.05. The van der Waals surface area contributed by atoms with Crippen LogP contribution in [-0.2, 0) is 6.42 Å². The molecular weight excluding hydrogens is 220 g/mol. The van der Waals surface area contributed by atoms with E-state index in [1.807, 2.05) is 19.3 Å². The van der Waals surface area contributed by atoms with Crippen LogP contribution in [0.3, 0.4) is 0 Å². The highest BCUT2D eigenvalue weighted by Crippen LogP contribution is 2.16. The summed E-state index contributed by atoms with van der Waals surface area (Å²) in [6.45, 7) is 4.53. The average Bonchev–Trinajstić information content (AvgIpc) is 2.39. The van der Waals surface area contributed by atoms with Crippen molar-refractivity contribution >= 4 is 10.9 Å². The van der Waals surface area contributed by atoms with Crippen LogP contribution >= 0.6 is 0 Å². The van der Waals surface area contributed by atoms with Crippen LogP contribution in [0.15, 0.2) is 36.5 Å². The lowest BCUT2D eigenvalue weighted by molar-refractivity contribution is 0.403. The van der Waals surface area contributed by atoms with Gasteiger partial charge in [0.25, 0.3) is 0 Å². The lowest BCUT2D eigenvalue weighted by Crippen LogP contribution is -2.30. The molecule has 1 aromatic heterocycles. The lowest BCUT2D eigenvalue weighted by atomic mass is 9.96. The van der Waals surface area contributed by atoms with Crippen LogP contribution in [0.2, 0.25) is 0 Å². The molecule has 2 heteroatoms. The van der Waals surface area contributed by atoms with Crippen LogP contribution in [0.25, 0.3) is 10.9 Å². The average molecular weight is 242 g/mol. The summed E-state index contributed by atoms with van der Waals surface area (Å²) >= 11 is 0. The first-order valence-electron chi connectivity index (χ1n) is 6.71. The fourth-order valence-electron chi connectivity index (χ4n) is 2.40. The summed E-state index contributed by atoms with van der Waals surface area (Å²) in [5, 5.41) is 4.61. The summed E-state index contributed by atoms with van der Waals surface area (Å²) in [6, 6.07) is 11.3. The summed E-state index contributed by atoms with van der Waals surface area (Å²) < 4.78 is 0. The highest BCUT2D eigenvalue weighted by atomic mass is 14.9. The first-order chi connectivity index (χ1) is 8.70. The summed E-state index contributed by atoms with van der Waals surface area (Å²) in [5.41, 5.74) is 2.47. The van der Waals surface area contributed by atoms with Crippen molar-refractivity contribution in [2.45, 2.75) is 32.7 Å². The second-order valence-electron chi connectivity index (χ2n) is 5.21. The zero-order valence-electron chi connectivity index (χ0n) is 11.5.